The largest absolute Gasteiger partial charge is 0.479 e. The van der Waals surface area contributed by atoms with Crippen molar-refractivity contribution in [3.8, 4) is 0 Å². The number of aliphatic carboxylic acids is 1. The van der Waals surface area contributed by atoms with Gasteiger partial charge in [-0.15, -0.1) is 0 Å². The number of halogens is 2. The average Bonchev–Trinajstić information content (AvgIpc) is 2.31. The Morgan fingerprint density at radius 1 is 1.44 bits per heavy atom. The van der Waals surface area contributed by atoms with E-state index < -0.39 is 12.1 Å². The third-order valence-electron chi connectivity index (χ3n) is 2.16. The highest BCUT2D eigenvalue weighted by atomic mass is 127. The molecule has 1 amide bonds. The van der Waals surface area contributed by atoms with E-state index in [4.69, 9.17) is 10.2 Å². The molecule has 0 saturated carbocycles. The molecule has 1 aromatic rings. The van der Waals surface area contributed by atoms with Gasteiger partial charge >= 0.3 is 5.97 Å². The normalized spacial score (nSPS) is 11.9. The number of carbonyl (C=O) groups is 2. The van der Waals surface area contributed by atoms with E-state index in [-0.39, 0.29) is 18.9 Å². The van der Waals surface area contributed by atoms with Crippen LogP contribution in [0.3, 0.4) is 0 Å². The Kier molecular flexibility index (Phi) is 6.03. The fraction of sp³-hybridized carbons (Fsp3) is 0.273. The van der Waals surface area contributed by atoms with Gasteiger partial charge in [0.25, 0.3) is 5.91 Å². The zero-order valence-electron chi connectivity index (χ0n) is 9.19. The predicted octanol–water partition coefficient (Wildman–Crippen LogP) is 1.62. The van der Waals surface area contributed by atoms with Gasteiger partial charge in [-0.05, 0) is 56.7 Å². The summed E-state index contributed by atoms with van der Waals surface area (Å²) in [7, 11) is 0. The van der Waals surface area contributed by atoms with E-state index in [1.54, 1.807) is 12.1 Å². The van der Waals surface area contributed by atoms with Crippen molar-refractivity contribution in [1.29, 1.82) is 0 Å². The highest BCUT2D eigenvalue weighted by molar-refractivity contribution is 14.1. The van der Waals surface area contributed by atoms with E-state index >= 15 is 0 Å². The summed E-state index contributed by atoms with van der Waals surface area (Å²) in [5, 5.41) is 20.1. The van der Waals surface area contributed by atoms with Crippen LogP contribution in [0.5, 0.6) is 0 Å². The van der Waals surface area contributed by atoms with Crippen molar-refractivity contribution in [2.45, 2.75) is 12.5 Å². The molecule has 1 rings (SSSR count). The minimum Gasteiger partial charge on any atom is -0.479 e. The van der Waals surface area contributed by atoms with Crippen LogP contribution in [0, 0.1) is 3.57 Å². The van der Waals surface area contributed by atoms with Crippen LogP contribution in [0.25, 0.3) is 0 Å². The number of nitrogens with one attached hydrogen (secondary N) is 1. The zero-order chi connectivity index (χ0) is 13.7. The number of carboxylic acid groups (broad SMARTS) is 1. The van der Waals surface area contributed by atoms with Gasteiger partial charge in [-0.25, -0.2) is 4.79 Å². The molecule has 0 fully saturated rings. The summed E-state index contributed by atoms with van der Waals surface area (Å²) in [6, 6.07) is 5.34. The summed E-state index contributed by atoms with van der Waals surface area (Å²) >= 11 is 5.36. The molecule has 0 unspecified atom stereocenters. The maximum atomic E-state index is 11.8. The fourth-order valence-electron chi connectivity index (χ4n) is 1.21. The highest BCUT2D eigenvalue weighted by Crippen LogP contribution is 2.19. The van der Waals surface area contributed by atoms with Crippen LogP contribution in [0.4, 0.5) is 0 Å². The number of amides is 1. The lowest BCUT2D eigenvalue weighted by Crippen LogP contribution is -2.30. The first kappa shape index (κ1) is 15.4. The first-order valence-electron chi connectivity index (χ1n) is 5.06. The summed E-state index contributed by atoms with van der Waals surface area (Å²) in [5.41, 5.74) is 0.478. The Morgan fingerprint density at radius 3 is 2.72 bits per heavy atom. The van der Waals surface area contributed by atoms with Crippen LogP contribution in [0.15, 0.2) is 22.7 Å². The second-order valence-electron chi connectivity index (χ2n) is 3.52. The molecule has 0 radical (unpaired) electrons. The van der Waals surface area contributed by atoms with Crippen LogP contribution in [0.1, 0.15) is 16.8 Å². The zero-order valence-corrected chi connectivity index (χ0v) is 12.9. The Balaban J connectivity index is 2.55. The number of carboxylic acids is 1. The Bertz CT molecular complexity index is 466. The van der Waals surface area contributed by atoms with Crippen LogP contribution in [-0.2, 0) is 4.79 Å². The third-order valence-corrected chi connectivity index (χ3v) is 3.52. The molecule has 0 aromatic heterocycles. The molecule has 98 valence electrons. The van der Waals surface area contributed by atoms with Crippen molar-refractivity contribution < 1.29 is 19.8 Å². The lowest BCUT2D eigenvalue weighted by atomic mass is 10.2. The van der Waals surface area contributed by atoms with Crippen LogP contribution < -0.4 is 5.32 Å². The van der Waals surface area contributed by atoms with Gasteiger partial charge in [-0.1, -0.05) is 0 Å². The van der Waals surface area contributed by atoms with E-state index in [1.165, 1.54) is 0 Å². The van der Waals surface area contributed by atoms with E-state index in [9.17, 15) is 9.59 Å². The van der Waals surface area contributed by atoms with Gasteiger partial charge in [0.05, 0.1) is 5.56 Å². The molecular formula is C11H11BrINO4. The summed E-state index contributed by atoms with van der Waals surface area (Å²) in [6.07, 6.45) is -1.48. The summed E-state index contributed by atoms with van der Waals surface area (Å²) in [5.74, 6) is -1.60. The van der Waals surface area contributed by atoms with E-state index in [1.807, 2.05) is 6.07 Å². The van der Waals surface area contributed by atoms with Crippen molar-refractivity contribution in [2.75, 3.05) is 6.54 Å². The lowest BCUT2D eigenvalue weighted by Gasteiger charge is -2.08. The van der Waals surface area contributed by atoms with E-state index in [0.717, 1.165) is 3.57 Å². The lowest BCUT2D eigenvalue weighted by molar-refractivity contribution is -0.146. The van der Waals surface area contributed by atoms with Crippen molar-refractivity contribution in [3.63, 3.8) is 0 Å². The molecule has 7 heteroatoms. The van der Waals surface area contributed by atoms with Crippen LogP contribution >= 0.6 is 38.5 Å². The van der Waals surface area contributed by atoms with E-state index in [2.05, 4.69) is 43.8 Å². The Hall–Kier alpha value is -0.670. The van der Waals surface area contributed by atoms with Gasteiger partial charge < -0.3 is 15.5 Å². The monoisotopic (exact) mass is 427 g/mol. The SMILES string of the molecule is O=C(NCC[C@H](O)C(=O)O)c1cc(I)ccc1Br. The summed E-state index contributed by atoms with van der Waals surface area (Å²) in [6.45, 7) is 0.101. The van der Waals surface area contributed by atoms with Crippen LogP contribution in [-0.4, -0.2) is 34.7 Å². The molecule has 3 N–H and O–H groups in total. The fourth-order valence-corrected chi connectivity index (χ4v) is 2.13. The first-order chi connectivity index (χ1) is 8.41. The van der Waals surface area contributed by atoms with Gasteiger partial charge in [0.2, 0.25) is 0 Å². The second-order valence-corrected chi connectivity index (χ2v) is 5.62. The van der Waals surface area contributed by atoms with Crippen molar-refractivity contribution in [1.82, 2.24) is 5.32 Å². The molecule has 0 aliphatic heterocycles. The van der Waals surface area contributed by atoms with Crippen LogP contribution in [0.2, 0.25) is 0 Å². The minimum atomic E-state index is -1.45. The molecule has 18 heavy (non-hydrogen) atoms. The van der Waals surface area contributed by atoms with E-state index in [0.29, 0.717) is 10.0 Å². The molecule has 0 aliphatic rings. The number of rotatable bonds is 5. The van der Waals surface area contributed by atoms with Gasteiger partial charge in [0.1, 0.15) is 0 Å². The molecule has 0 aliphatic carbocycles. The molecule has 0 bridgehead atoms. The minimum absolute atomic E-state index is 0.0252. The van der Waals surface area contributed by atoms with Gasteiger partial charge in [0.15, 0.2) is 6.10 Å². The summed E-state index contributed by atoms with van der Waals surface area (Å²) in [4.78, 5) is 22.2. The molecule has 1 aromatic carbocycles. The molecule has 0 spiro atoms. The predicted molar refractivity (Wildman–Crippen MR) is 77.5 cm³/mol. The number of aliphatic hydroxyl groups excluding tert-OH is 1. The third kappa shape index (κ3) is 4.54. The maximum absolute atomic E-state index is 11.8. The highest BCUT2D eigenvalue weighted by Gasteiger charge is 2.14. The van der Waals surface area contributed by atoms with Crippen molar-refractivity contribution >= 4 is 50.4 Å². The maximum Gasteiger partial charge on any atom is 0.332 e. The Labute approximate surface area is 126 Å². The standard InChI is InChI=1S/C11H11BrINO4/c12-8-2-1-6(13)5-7(8)10(16)14-4-3-9(15)11(17)18/h1-2,5,9,15H,3-4H2,(H,14,16)(H,17,18)/t9-/m0/s1. The second kappa shape index (κ2) is 7.05. The average molecular weight is 428 g/mol. The molecule has 0 saturated heterocycles. The van der Waals surface area contributed by atoms with Gasteiger partial charge in [-0.3, -0.25) is 4.79 Å². The number of hydrogen-bond acceptors (Lipinski definition) is 3. The molecular weight excluding hydrogens is 417 g/mol. The number of benzene rings is 1. The number of aliphatic hydroxyl groups is 1. The first-order valence-corrected chi connectivity index (χ1v) is 6.93. The van der Waals surface area contributed by atoms with Gasteiger partial charge in [0, 0.05) is 21.0 Å². The smallest absolute Gasteiger partial charge is 0.332 e. The Morgan fingerprint density at radius 2 is 2.11 bits per heavy atom. The van der Waals surface area contributed by atoms with Gasteiger partial charge in [-0.2, -0.15) is 0 Å². The molecule has 5 nitrogen and oxygen atoms in total. The number of hydrogen-bond donors (Lipinski definition) is 3. The van der Waals surface area contributed by atoms with Crippen molar-refractivity contribution in [3.05, 3.63) is 31.8 Å². The molecule has 0 heterocycles. The quantitative estimate of drug-likeness (QED) is 0.623. The summed E-state index contributed by atoms with van der Waals surface area (Å²) < 4.78 is 1.59. The topological polar surface area (TPSA) is 86.6 Å². The number of carbonyl (C=O) groups excluding carboxylic acids is 1. The molecule has 1 atom stereocenters. The van der Waals surface area contributed by atoms with Crippen molar-refractivity contribution in [2.24, 2.45) is 0 Å².